The fourth-order valence-corrected chi connectivity index (χ4v) is 3.31. The minimum atomic E-state index is -3.62. The van der Waals surface area contributed by atoms with Crippen LogP contribution in [0.3, 0.4) is 0 Å². The van der Waals surface area contributed by atoms with Gasteiger partial charge in [0, 0.05) is 23.6 Å². The fraction of sp³-hybridized carbons (Fsp3) is 0.250. The minimum absolute atomic E-state index is 0.0270. The first-order chi connectivity index (χ1) is 11.4. The van der Waals surface area contributed by atoms with Gasteiger partial charge in [-0.2, -0.15) is 0 Å². The van der Waals surface area contributed by atoms with E-state index in [0.717, 1.165) is 10.2 Å². The SMILES string of the molecule is CC(NC(=O)CCNS(=O)(=O)c1ccc(Br)cc1)c1ccccn1. The Balaban J connectivity index is 1.83. The maximum atomic E-state index is 12.1. The van der Waals surface area contributed by atoms with Crippen molar-refractivity contribution >= 4 is 31.9 Å². The molecule has 24 heavy (non-hydrogen) atoms. The highest BCUT2D eigenvalue weighted by molar-refractivity contribution is 9.10. The Morgan fingerprint density at radius 1 is 1.21 bits per heavy atom. The summed E-state index contributed by atoms with van der Waals surface area (Å²) in [5.74, 6) is -0.244. The molecule has 1 atom stereocenters. The quantitative estimate of drug-likeness (QED) is 0.731. The van der Waals surface area contributed by atoms with Crippen LogP contribution >= 0.6 is 15.9 Å². The molecule has 8 heteroatoms. The molecule has 1 unspecified atom stereocenters. The van der Waals surface area contributed by atoms with E-state index < -0.39 is 10.0 Å². The number of carbonyl (C=O) groups is 1. The number of pyridine rings is 1. The summed E-state index contributed by atoms with van der Waals surface area (Å²) in [6, 6.07) is 11.5. The maximum Gasteiger partial charge on any atom is 0.240 e. The van der Waals surface area contributed by atoms with Gasteiger partial charge < -0.3 is 5.32 Å². The number of benzene rings is 1. The number of nitrogens with one attached hydrogen (secondary N) is 2. The topological polar surface area (TPSA) is 88.2 Å². The molecule has 1 heterocycles. The van der Waals surface area contributed by atoms with Crippen molar-refractivity contribution in [2.45, 2.75) is 24.3 Å². The van der Waals surface area contributed by atoms with Crippen molar-refractivity contribution in [1.29, 1.82) is 0 Å². The molecule has 0 aliphatic carbocycles. The smallest absolute Gasteiger partial charge is 0.240 e. The van der Waals surface area contributed by atoms with Crippen LogP contribution in [0, 0.1) is 0 Å². The first kappa shape index (κ1) is 18.6. The van der Waals surface area contributed by atoms with Gasteiger partial charge in [-0.15, -0.1) is 0 Å². The zero-order valence-corrected chi connectivity index (χ0v) is 15.5. The molecule has 6 nitrogen and oxygen atoms in total. The molecule has 0 saturated heterocycles. The summed E-state index contributed by atoms with van der Waals surface area (Å²) in [5, 5.41) is 2.79. The van der Waals surface area contributed by atoms with Crippen LogP contribution in [0.15, 0.2) is 58.0 Å². The van der Waals surface area contributed by atoms with E-state index in [1.807, 2.05) is 19.1 Å². The number of carbonyl (C=O) groups excluding carboxylic acids is 1. The normalized spacial score (nSPS) is 12.6. The van der Waals surface area contributed by atoms with E-state index in [2.05, 4.69) is 31.0 Å². The average Bonchev–Trinajstić information content (AvgIpc) is 2.56. The molecule has 1 aromatic carbocycles. The lowest BCUT2D eigenvalue weighted by molar-refractivity contribution is -0.121. The standard InChI is InChI=1S/C16H18BrN3O3S/c1-12(15-4-2-3-10-18-15)20-16(21)9-11-19-24(22,23)14-7-5-13(17)6-8-14/h2-8,10,12,19H,9,11H2,1H3,(H,20,21). The molecule has 0 spiro atoms. The predicted molar refractivity (Wildman–Crippen MR) is 94.7 cm³/mol. The molecular formula is C16H18BrN3O3S. The molecule has 0 fully saturated rings. The first-order valence-corrected chi connectivity index (χ1v) is 9.61. The van der Waals surface area contributed by atoms with Crippen LogP contribution in [0.4, 0.5) is 0 Å². The van der Waals surface area contributed by atoms with Gasteiger partial charge in [-0.1, -0.05) is 22.0 Å². The number of rotatable bonds is 7. The third kappa shape index (κ3) is 5.40. The van der Waals surface area contributed by atoms with Crippen molar-refractivity contribution < 1.29 is 13.2 Å². The van der Waals surface area contributed by atoms with Crippen LogP contribution in [-0.4, -0.2) is 25.9 Å². The van der Waals surface area contributed by atoms with E-state index >= 15 is 0 Å². The van der Waals surface area contributed by atoms with Gasteiger partial charge in [-0.25, -0.2) is 13.1 Å². The molecule has 0 bridgehead atoms. The van der Waals surface area contributed by atoms with Gasteiger partial charge in [0.25, 0.3) is 0 Å². The molecule has 0 aliphatic heterocycles. The highest BCUT2D eigenvalue weighted by atomic mass is 79.9. The third-order valence-corrected chi connectivity index (χ3v) is 5.28. The lowest BCUT2D eigenvalue weighted by atomic mass is 10.2. The van der Waals surface area contributed by atoms with E-state index in [0.29, 0.717) is 0 Å². The van der Waals surface area contributed by atoms with E-state index in [1.54, 1.807) is 24.4 Å². The summed E-state index contributed by atoms with van der Waals surface area (Å²) < 4.78 is 27.4. The van der Waals surface area contributed by atoms with Crippen LogP contribution < -0.4 is 10.0 Å². The van der Waals surface area contributed by atoms with Gasteiger partial charge >= 0.3 is 0 Å². The Labute approximate surface area is 149 Å². The van der Waals surface area contributed by atoms with Crippen LogP contribution in [0.2, 0.25) is 0 Å². The average molecular weight is 412 g/mol. The molecule has 128 valence electrons. The van der Waals surface area contributed by atoms with E-state index in [9.17, 15) is 13.2 Å². The number of halogens is 1. The Morgan fingerprint density at radius 2 is 1.92 bits per heavy atom. The lowest BCUT2D eigenvalue weighted by Gasteiger charge is -2.13. The van der Waals surface area contributed by atoms with E-state index in [-0.39, 0.29) is 29.8 Å². The van der Waals surface area contributed by atoms with Gasteiger partial charge in [0.05, 0.1) is 16.6 Å². The first-order valence-electron chi connectivity index (χ1n) is 7.34. The molecule has 0 aliphatic rings. The van der Waals surface area contributed by atoms with Gasteiger partial charge in [-0.3, -0.25) is 9.78 Å². The molecule has 0 radical (unpaired) electrons. The number of nitrogens with zero attached hydrogens (tertiary/aromatic N) is 1. The number of hydrogen-bond donors (Lipinski definition) is 2. The Morgan fingerprint density at radius 3 is 2.54 bits per heavy atom. The van der Waals surface area contributed by atoms with Crippen LogP contribution in [0.1, 0.15) is 25.1 Å². The number of amides is 1. The fourth-order valence-electron chi connectivity index (χ4n) is 2.02. The van der Waals surface area contributed by atoms with Crippen LogP contribution in [-0.2, 0) is 14.8 Å². The Hall–Kier alpha value is -1.77. The summed E-state index contributed by atoms with van der Waals surface area (Å²) in [6.07, 6.45) is 1.71. The largest absolute Gasteiger partial charge is 0.348 e. The minimum Gasteiger partial charge on any atom is -0.348 e. The molecular weight excluding hydrogens is 394 g/mol. The Bertz CT molecular complexity index is 780. The zero-order valence-electron chi connectivity index (χ0n) is 13.1. The second-order valence-electron chi connectivity index (χ2n) is 5.15. The monoisotopic (exact) mass is 411 g/mol. The summed E-state index contributed by atoms with van der Waals surface area (Å²) in [7, 11) is -3.62. The summed E-state index contributed by atoms with van der Waals surface area (Å²) in [5.41, 5.74) is 0.751. The van der Waals surface area contributed by atoms with Gasteiger partial charge in [0.1, 0.15) is 0 Å². The van der Waals surface area contributed by atoms with Crippen LogP contribution in [0.5, 0.6) is 0 Å². The number of hydrogen-bond acceptors (Lipinski definition) is 4. The van der Waals surface area contributed by atoms with Crippen molar-refractivity contribution in [3.8, 4) is 0 Å². The van der Waals surface area contributed by atoms with Gasteiger partial charge in [-0.05, 0) is 43.3 Å². The molecule has 1 aromatic heterocycles. The maximum absolute atomic E-state index is 12.1. The predicted octanol–water partition coefficient (Wildman–Crippen LogP) is 2.39. The van der Waals surface area contributed by atoms with Crippen LogP contribution in [0.25, 0.3) is 0 Å². The van der Waals surface area contributed by atoms with Crippen molar-refractivity contribution in [3.63, 3.8) is 0 Å². The second kappa shape index (κ2) is 8.36. The summed E-state index contributed by atoms with van der Waals surface area (Å²) in [4.78, 5) is 16.2. The van der Waals surface area contributed by atoms with Gasteiger partial charge in [0.15, 0.2) is 0 Å². The molecule has 2 aromatic rings. The lowest BCUT2D eigenvalue weighted by Crippen LogP contribution is -2.32. The number of aromatic nitrogens is 1. The molecule has 2 rings (SSSR count). The second-order valence-corrected chi connectivity index (χ2v) is 7.83. The van der Waals surface area contributed by atoms with Gasteiger partial charge in [0.2, 0.25) is 15.9 Å². The van der Waals surface area contributed by atoms with Crippen molar-refractivity contribution in [1.82, 2.24) is 15.0 Å². The zero-order chi connectivity index (χ0) is 17.6. The van der Waals surface area contributed by atoms with Crippen molar-refractivity contribution in [2.75, 3.05) is 6.54 Å². The molecule has 1 amide bonds. The van der Waals surface area contributed by atoms with Crippen molar-refractivity contribution in [3.05, 3.63) is 58.8 Å². The third-order valence-electron chi connectivity index (χ3n) is 3.28. The van der Waals surface area contributed by atoms with Crippen molar-refractivity contribution in [2.24, 2.45) is 0 Å². The summed E-state index contributed by atoms with van der Waals surface area (Å²) in [6.45, 7) is 1.85. The highest BCUT2D eigenvalue weighted by Crippen LogP contribution is 2.14. The molecule has 2 N–H and O–H groups in total. The Kier molecular flexibility index (Phi) is 6.47. The van der Waals surface area contributed by atoms with E-state index in [4.69, 9.17) is 0 Å². The van der Waals surface area contributed by atoms with E-state index in [1.165, 1.54) is 12.1 Å². The molecule has 0 saturated carbocycles. The summed E-state index contributed by atoms with van der Waals surface area (Å²) >= 11 is 3.25. The highest BCUT2D eigenvalue weighted by Gasteiger charge is 2.15. The number of sulfonamides is 1.